The van der Waals surface area contributed by atoms with E-state index < -0.39 is 0 Å². The summed E-state index contributed by atoms with van der Waals surface area (Å²) in [5.41, 5.74) is 1.08. The van der Waals surface area contributed by atoms with Crippen molar-refractivity contribution in [2.24, 2.45) is 4.99 Å². The van der Waals surface area contributed by atoms with E-state index in [9.17, 15) is 0 Å². The van der Waals surface area contributed by atoms with Gasteiger partial charge in [0.25, 0.3) is 0 Å². The minimum absolute atomic E-state index is 0.470. The summed E-state index contributed by atoms with van der Waals surface area (Å²) >= 11 is 0. The lowest BCUT2D eigenvalue weighted by atomic mass is 10.1. The minimum Gasteiger partial charge on any atom is -0.378 e. The molecule has 0 spiro atoms. The molecule has 2 N–H and O–H groups in total. The van der Waals surface area contributed by atoms with E-state index in [0.717, 1.165) is 75.9 Å². The van der Waals surface area contributed by atoms with E-state index in [-0.39, 0.29) is 0 Å². The summed E-state index contributed by atoms with van der Waals surface area (Å²) in [5.74, 6) is 2.06. The molecule has 1 aromatic heterocycles. The number of aryl methyl sites for hydroxylation is 1. The van der Waals surface area contributed by atoms with Gasteiger partial charge in [-0.2, -0.15) is 0 Å². The van der Waals surface area contributed by atoms with Crippen LogP contribution in [0.3, 0.4) is 0 Å². The van der Waals surface area contributed by atoms with Crippen molar-refractivity contribution in [2.75, 3.05) is 37.7 Å². The van der Waals surface area contributed by atoms with Crippen LogP contribution >= 0.6 is 0 Å². The van der Waals surface area contributed by atoms with Crippen molar-refractivity contribution in [3.8, 4) is 0 Å². The zero-order chi connectivity index (χ0) is 21.7. The molecule has 1 aliphatic carbocycles. The van der Waals surface area contributed by atoms with E-state index in [1.54, 1.807) is 0 Å². The number of nitrogens with one attached hydrogen (secondary N) is 2. The fraction of sp³-hybridized carbons (Fsp3) is 0.760. The number of hydrogen-bond donors (Lipinski definition) is 2. The number of aliphatic imine (C=N–C) groups is 1. The second-order valence-electron chi connectivity index (χ2n) is 8.99. The molecule has 3 rings (SSSR count). The monoisotopic (exact) mass is 429 g/mol. The molecule has 6 nitrogen and oxygen atoms in total. The summed E-state index contributed by atoms with van der Waals surface area (Å²) in [7, 11) is 0. The van der Waals surface area contributed by atoms with Crippen molar-refractivity contribution >= 4 is 11.8 Å². The standard InChI is InChI=1S/C25H43N5O/c1-3-26-25(27-17-8-9-20-31-23-12-6-4-5-7-13-23)29-22-15-18-30(19-16-22)24-14-10-11-21(2)28-24/h10-11,14,22-23H,3-9,12-13,15-20H2,1-2H3,(H2,26,27,29). The van der Waals surface area contributed by atoms with Crippen LogP contribution in [0.5, 0.6) is 0 Å². The smallest absolute Gasteiger partial charge is 0.191 e. The molecule has 6 heteroatoms. The topological polar surface area (TPSA) is 61.8 Å². The molecular weight excluding hydrogens is 386 g/mol. The van der Waals surface area contributed by atoms with Crippen molar-refractivity contribution in [1.82, 2.24) is 15.6 Å². The molecular formula is C25H43N5O. The first-order chi connectivity index (χ1) is 15.2. The molecule has 0 bridgehead atoms. The number of ether oxygens (including phenoxy) is 1. The van der Waals surface area contributed by atoms with Gasteiger partial charge in [-0.15, -0.1) is 0 Å². The highest BCUT2D eigenvalue weighted by molar-refractivity contribution is 5.80. The molecule has 0 unspecified atom stereocenters. The third-order valence-corrected chi connectivity index (χ3v) is 6.36. The van der Waals surface area contributed by atoms with Crippen molar-refractivity contribution in [1.29, 1.82) is 0 Å². The Morgan fingerprint density at radius 2 is 1.87 bits per heavy atom. The predicted molar refractivity (Wildman–Crippen MR) is 130 cm³/mol. The SMILES string of the molecule is CCNC(=NCCCCOC1CCCCCC1)NC1CCN(c2cccc(C)n2)CC1. The molecule has 0 amide bonds. The molecule has 31 heavy (non-hydrogen) atoms. The Morgan fingerprint density at radius 1 is 1.10 bits per heavy atom. The highest BCUT2D eigenvalue weighted by Crippen LogP contribution is 2.20. The van der Waals surface area contributed by atoms with Gasteiger partial charge in [-0.1, -0.05) is 31.7 Å². The molecule has 2 aliphatic rings. The predicted octanol–water partition coefficient (Wildman–Crippen LogP) is 4.43. The molecule has 1 aromatic rings. The summed E-state index contributed by atoms with van der Waals surface area (Å²) in [4.78, 5) is 11.9. The zero-order valence-electron chi connectivity index (χ0n) is 19.7. The summed E-state index contributed by atoms with van der Waals surface area (Å²) in [6.07, 6.45) is 12.9. The van der Waals surface area contributed by atoms with Crippen LogP contribution in [0, 0.1) is 6.92 Å². The first kappa shape index (κ1) is 23.8. The second kappa shape index (κ2) is 13.6. The van der Waals surface area contributed by atoms with Crippen LogP contribution in [0.1, 0.15) is 76.8 Å². The molecule has 0 atom stereocenters. The summed E-state index contributed by atoms with van der Waals surface area (Å²) in [6, 6.07) is 6.74. The van der Waals surface area contributed by atoms with Gasteiger partial charge in [0.15, 0.2) is 5.96 Å². The maximum atomic E-state index is 6.10. The molecule has 2 heterocycles. The van der Waals surface area contributed by atoms with E-state index in [0.29, 0.717) is 12.1 Å². The quantitative estimate of drug-likeness (QED) is 0.263. The summed E-state index contributed by atoms with van der Waals surface area (Å²) < 4.78 is 6.10. The Hall–Kier alpha value is -1.82. The van der Waals surface area contributed by atoms with E-state index in [1.165, 1.54) is 38.5 Å². The third kappa shape index (κ3) is 8.68. The van der Waals surface area contributed by atoms with E-state index in [2.05, 4.69) is 52.6 Å². The lowest BCUT2D eigenvalue weighted by Gasteiger charge is -2.34. The number of rotatable bonds is 9. The van der Waals surface area contributed by atoms with Gasteiger partial charge in [0.1, 0.15) is 5.82 Å². The Bertz CT molecular complexity index is 649. The van der Waals surface area contributed by atoms with Gasteiger partial charge in [-0.25, -0.2) is 4.98 Å². The number of nitrogens with zero attached hydrogens (tertiary/aromatic N) is 3. The largest absolute Gasteiger partial charge is 0.378 e. The Balaban J connectivity index is 1.34. The van der Waals surface area contributed by atoms with Gasteiger partial charge in [0.2, 0.25) is 0 Å². The average molecular weight is 430 g/mol. The van der Waals surface area contributed by atoms with Crippen LogP contribution in [-0.4, -0.2) is 55.9 Å². The molecule has 0 aromatic carbocycles. The van der Waals surface area contributed by atoms with Crippen LogP contribution in [0.2, 0.25) is 0 Å². The fourth-order valence-electron chi connectivity index (χ4n) is 4.53. The van der Waals surface area contributed by atoms with E-state index >= 15 is 0 Å². The molecule has 1 saturated heterocycles. The average Bonchev–Trinajstić information content (AvgIpc) is 3.05. The van der Waals surface area contributed by atoms with E-state index in [1.807, 2.05) is 0 Å². The number of unbranched alkanes of at least 4 members (excludes halogenated alkanes) is 1. The second-order valence-corrected chi connectivity index (χ2v) is 8.99. The number of piperidine rings is 1. The maximum absolute atomic E-state index is 6.10. The summed E-state index contributed by atoms with van der Waals surface area (Å²) in [5, 5.41) is 7.06. The lowest BCUT2D eigenvalue weighted by molar-refractivity contribution is 0.0413. The number of guanidine groups is 1. The Kier molecular flexibility index (Phi) is 10.4. The van der Waals surface area contributed by atoms with Crippen molar-refractivity contribution in [3.05, 3.63) is 23.9 Å². The van der Waals surface area contributed by atoms with Crippen LogP contribution in [0.15, 0.2) is 23.2 Å². The van der Waals surface area contributed by atoms with Crippen LogP contribution in [0.25, 0.3) is 0 Å². The molecule has 0 radical (unpaired) electrons. The van der Waals surface area contributed by atoms with Gasteiger partial charge >= 0.3 is 0 Å². The number of pyridine rings is 1. The fourth-order valence-corrected chi connectivity index (χ4v) is 4.53. The minimum atomic E-state index is 0.470. The Labute approximate surface area is 189 Å². The number of anilines is 1. The van der Waals surface area contributed by atoms with Gasteiger partial charge in [-0.05, 0) is 64.5 Å². The van der Waals surface area contributed by atoms with Crippen LogP contribution in [-0.2, 0) is 4.74 Å². The van der Waals surface area contributed by atoms with Gasteiger partial charge in [0, 0.05) is 44.5 Å². The third-order valence-electron chi connectivity index (χ3n) is 6.36. The van der Waals surface area contributed by atoms with E-state index in [4.69, 9.17) is 9.73 Å². The summed E-state index contributed by atoms with van der Waals surface area (Å²) in [6.45, 7) is 8.88. The van der Waals surface area contributed by atoms with Gasteiger partial charge in [-0.3, -0.25) is 4.99 Å². The molecule has 1 aliphatic heterocycles. The first-order valence-electron chi connectivity index (χ1n) is 12.6. The molecule has 1 saturated carbocycles. The maximum Gasteiger partial charge on any atom is 0.191 e. The van der Waals surface area contributed by atoms with Crippen molar-refractivity contribution in [2.45, 2.75) is 90.2 Å². The molecule has 174 valence electrons. The van der Waals surface area contributed by atoms with Crippen molar-refractivity contribution < 1.29 is 4.74 Å². The Morgan fingerprint density at radius 3 is 2.58 bits per heavy atom. The molecule has 2 fully saturated rings. The van der Waals surface area contributed by atoms with Crippen molar-refractivity contribution in [3.63, 3.8) is 0 Å². The normalized spacial score (nSPS) is 19.3. The lowest BCUT2D eigenvalue weighted by Crippen LogP contribution is -2.49. The van der Waals surface area contributed by atoms with Crippen LogP contribution in [0.4, 0.5) is 5.82 Å². The van der Waals surface area contributed by atoms with Gasteiger partial charge < -0.3 is 20.3 Å². The number of hydrogen-bond acceptors (Lipinski definition) is 4. The highest BCUT2D eigenvalue weighted by Gasteiger charge is 2.21. The number of aromatic nitrogens is 1. The van der Waals surface area contributed by atoms with Gasteiger partial charge in [0.05, 0.1) is 6.10 Å². The zero-order valence-corrected chi connectivity index (χ0v) is 19.7. The van der Waals surface area contributed by atoms with Crippen LogP contribution < -0.4 is 15.5 Å². The first-order valence-corrected chi connectivity index (χ1v) is 12.6. The highest BCUT2D eigenvalue weighted by atomic mass is 16.5.